The van der Waals surface area contributed by atoms with Crippen molar-refractivity contribution in [3.8, 4) is 5.75 Å². The third-order valence-electron chi connectivity index (χ3n) is 2.58. The van der Waals surface area contributed by atoms with Crippen molar-refractivity contribution in [2.45, 2.75) is 13.3 Å². The maximum absolute atomic E-state index is 11.3. The highest BCUT2D eigenvalue weighted by Crippen LogP contribution is 2.31. The molecule has 0 aliphatic heterocycles. The first-order valence-electron chi connectivity index (χ1n) is 5.56. The molecule has 2 rings (SSSR count). The molecule has 6 heteroatoms. The zero-order valence-corrected chi connectivity index (χ0v) is 10.9. The minimum absolute atomic E-state index is 0.00337. The number of aryl methyl sites for hydroxylation is 1. The fourth-order valence-electron chi connectivity index (χ4n) is 1.68. The highest BCUT2D eigenvalue weighted by atomic mass is 35.5. The second-order valence-corrected chi connectivity index (χ2v) is 4.43. The molecule has 0 aliphatic rings. The van der Waals surface area contributed by atoms with E-state index in [1.807, 2.05) is 0 Å². The number of aliphatic carboxylic acids is 1. The van der Waals surface area contributed by atoms with Crippen molar-refractivity contribution in [1.29, 1.82) is 0 Å². The first-order valence-corrected chi connectivity index (χ1v) is 5.94. The van der Waals surface area contributed by atoms with Gasteiger partial charge in [-0.3, -0.25) is 4.79 Å². The average molecular weight is 283 g/mol. The summed E-state index contributed by atoms with van der Waals surface area (Å²) in [6, 6.07) is 4.50. The molecule has 2 aromatic rings. The molecule has 100 valence electrons. The zero-order valence-electron chi connectivity index (χ0n) is 10.1. The number of halogens is 1. The van der Waals surface area contributed by atoms with Gasteiger partial charge >= 0.3 is 11.6 Å². The molecule has 1 aromatic heterocycles. The second-order valence-electron chi connectivity index (χ2n) is 4.02. The van der Waals surface area contributed by atoms with Gasteiger partial charge in [-0.25, -0.2) is 4.79 Å². The van der Waals surface area contributed by atoms with Gasteiger partial charge in [-0.05, 0) is 18.6 Å². The van der Waals surface area contributed by atoms with Gasteiger partial charge < -0.3 is 14.3 Å². The Balaban J connectivity index is 2.38. The summed E-state index contributed by atoms with van der Waals surface area (Å²) in [6.45, 7) is 1.77. The Bertz CT molecular complexity index is 689. The summed E-state index contributed by atoms with van der Waals surface area (Å²) in [7, 11) is 0. The van der Waals surface area contributed by atoms with Crippen molar-refractivity contribution in [2.75, 3.05) is 6.61 Å². The Labute approximate surface area is 113 Å². The summed E-state index contributed by atoms with van der Waals surface area (Å²) in [5.74, 6) is -0.663. The summed E-state index contributed by atoms with van der Waals surface area (Å²) >= 11 is 6.04. The monoisotopic (exact) mass is 282 g/mol. The molecule has 0 spiro atoms. The van der Waals surface area contributed by atoms with Gasteiger partial charge in [0.25, 0.3) is 0 Å². The molecule has 0 radical (unpaired) electrons. The van der Waals surface area contributed by atoms with E-state index in [1.54, 1.807) is 13.0 Å². The van der Waals surface area contributed by atoms with Crippen LogP contribution in [0, 0.1) is 6.92 Å². The van der Waals surface area contributed by atoms with E-state index in [-0.39, 0.29) is 13.0 Å². The fraction of sp³-hybridized carbons (Fsp3) is 0.231. The van der Waals surface area contributed by atoms with Crippen LogP contribution in [0.4, 0.5) is 0 Å². The number of carboxylic acid groups (broad SMARTS) is 1. The third-order valence-corrected chi connectivity index (χ3v) is 2.87. The second kappa shape index (κ2) is 5.32. The SMILES string of the molecule is Cc1cc(=O)oc2cc(OCCC(=O)O)c(Cl)cc12. The molecule has 1 aromatic carbocycles. The molecule has 0 fully saturated rings. The maximum Gasteiger partial charge on any atom is 0.336 e. The number of carboxylic acids is 1. The van der Waals surface area contributed by atoms with E-state index in [0.29, 0.717) is 16.4 Å². The number of benzene rings is 1. The largest absolute Gasteiger partial charge is 0.491 e. The van der Waals surface area contributed by atoms with Crippen LogP contribution in [0.15, 0.2) is 27.4 Å². The van der Waals surface area contributed by atoms with E-state index in [0.717, 1.165) is 10.9 Å². The normalized spacial score (nSPS) is 10.6. The van der Waals surface area contributed by atoms with Gasteiger partial charge in [0.05, 0.1) is 18.1 Å². The van der Waals surface area contributed by atoms with Crippen LogP contribution in [0.2, 0.25) is 5.02 Å². The highest BCUT2D eigenvalue weighted by molar-refractivity contribution is 6.32. The van der Waals surface area contributed by atoms with Gasteiger partial charge in [0.2, 0.25) is 0 Å². The van der Waals surface area contributed by atoms with E-state index >= 15 is 0 Å². The van der Waals surface area contributed by atoms with Gasteiger partial charge in [-0.2, -0.15) is 0 Å². The summed E-state index contributed by atoms with van der Waals surface area (Å²) < 4.78 is 10.3. The van der Waals surface area contributed by atoms with Crippen LogP contribution >= 0.6 is 11.6 Å². The van der Waals surface area contributed by atoms with Crippen molar-refractivity contribution in [2.24, 2.45) is 0 Å². The summed E-state index contributed by atoms with van der Waals surface area (Å²) in [6.07, 6.45) is -0.133. The number of hydrogen-bond acceptors (Lipinski definition) is 4. The Morgan fingerprint density at radius 3 is 2.84 bits per heavy atom. The summed E-state index contributed by atoms with van der Waals surface area (Å²) in [5, 5.41) is 9.59. The van der Waals surface area contributed by atoms with Crippen LogP contribution in [-0.4, -0.2) is 17.7 Å². The van der Waals surface area contributed by atoms with Crippen LogP contribution in [0.1, 0.15) is 12.0 Å². The molecule has 19 heavy (non-hydrogen) atoms. The predicted octanol–water partition coefficient (Wildman–Crippen LogP) is 2.61. The van der Waals surface area contributed by atoms with Crippen LogP contribution in [0.5, 0.6) is 5.75 Å². The van der Waals surface area contributed by atoms with Crippen LogP contribution < -0.4 is 10.4 Å². The smallest absolute Gasteiger partial charge is 0.336 e. The molecule has 1 N–H and O–H groups in total. The number of rotatable bonds is 4. The van der Waals surface area contributed by atoms with Crippen molar-refractivity contribution in [3.63, 3.8) is 0 Å². The minimum Gasteiger partial charge on any atom is -0.491 e. The number of fused-ring (bicyclic) bond motifs is 1. The highest BCUT2D eigenvalue weighted by Gasteiger charge is 2.09. The molecule has 0 unspecified atom stereocenters. The predicted molar refractivity (Wildman–Crippen MR) is 70.0 cm³/mol. The Morgan fingerprint density at radius 2 is 2.16 bits per heavy atom. The summed E-state index contributed by atoms with van der Waals surface area (Å²) in [5.41, 5.74) is 0.661. The van der Waals surface area contributed by atoms with E-state index < -0.39 is 11.6 Å². The lowest BCUT2D eigenvalue weighted by atomic mass is 10.1. The molecular formula is C13H11ClO5. The van der Waals surface area contributed by atoms with Gasteiger partial charge in [0, 0.05) is 17.5 Å². The van der Waals surface area contributed by atoms with E-state index in [4.69, 9.17) is 25.9 Å². The van der Waals surface area contributed by atoms with Crippen molar-refractivity contribution in [3.05, 3.63) is 39.2 Å². The molecule has 0 amide bonds. The van der Waals surface area contributed by atoms with Crippen LogP contribution in [-0.2, 0) is 4.79 Å². The van der Waals surface area contributed by atoms with Crippen molar-refractivity contribution in [1.82, 2.24) is 0 Å². The first-order chi connectivity index (χ1) is 8.97. The van der Waals surface area contributed by atoms with E-state index in [1.165, 1.54) is 12.1 Å². The molecule has 5 nitrogen and oxygen atoms in total. The minimum atomic E-state index is -0.959. The van der Waals surface area contributed by atoms with E-state index in [9.17, 15) is 9.59 Å². The Kier molecular flexibility index (Phi) is 3.76. The number of carbonyl (C=O) groups is 1. The average Bonchev–Trinajstić information content (AvgIpc) is 2.30. The quantitative estimate of drug-likeness (QED) is 0.872. The van der Waals surface area contributed by atoms with Crippen LogP contribution in [0.3, 0.4) is 0 Å². The topological polar surface area (TPSA) is 76.7 Å². The molecule has 0 saturated heterocycles. The molecule has 0 bridgehead atoms. The van der Waals surface area contributed by atoms with Crippen LogP contribution in [0.25, 0.3) is 11.0 Å². The lowest BCUT2D eigenvalue weighted by molar-refractivity contribution is -0.137. The van der Waals surface area contributed by atoms with E-state index in [2.05, 4.69) is 0 Å². The lowest BCUT2D eigenvalue weighted by Crippen LogP contribution is -2.05. The van der Waals surface area contributed by atoms with Gasteiger partial charge in [0.15, 0.2) is 0 Å². The fourth-order valence-corrected chi connectivity index (χ4v) is 1.90. The van der Waals surface area contributed by atoms with Gasteiger partial charge in [-0.1, -0.05) is 11.6 Å². The Hall–Kier alpha value is -2.01. The third kappa shape index (κ3) is 3.06. The zero-order chi connectivity index (χ0) is 14.0. The van der Waals surface area contributed by atoms with Crippen molar-refractivity contribution < 1.29 is 19.1 Å². The van der Waals surface area contributed by atoms with Gasteiger partial charge in [-0.15, -0.1) is 0 Å². The lowest BCUT2D eigenvalue weighted by Gasteiger charge is -2.08. The summed E-state index contributed by atoms with van der Waals surface area (Å²) in [4.78, 5) is 21.7. The van der Waals surface area contributed by atoms with Crippen molar-refractivity contribution >= 4 is 28.5 Å². The number of hydrogen-bond donors (Lipinski definition) is 1. The molecule has 0 saturated carbocycles. The number of ether oxygens (including phenoxy) is 1. The molecular weight excluding hydrogens is 272 g/mol. The molecule has 1 heterocycles. The Morgan fingerprint density at radius 1 is 1.42 bits per heavy atom. The molecule has 0 aliphatic carbocycles. The first kappa shape index (κ1) is 13.4. The maximum atomic E-state index is 11.3. The van der Waals surface area contributed by atoms with Gasteiger partial charge in [0.1, 0.15) is 11.3 Å². The standard InChI is InChI=1S/C13H11ClO5/c1-7-4-13(17)19-10-6-11(9(14)5-8(7)10)18-3-2-12(15)16/h4-6H,2-3H2,1H3,(H,15,16). The molecule has 0 atom stereocenters.